The number of ether oxygens (including phenoxy) is 4. The number of hydrogen-bond acceptors (Lipinski definition) is 8. The van der Waals surface area contributed by atoms with Gasteiger partial charge in [0, 0.05) is 25.2 Å². The van der Waals surface area contributed by atoms with Gasteiger partial charge in [0.05, 0.1) is 0 Å². The first kappa shape index (κ1) is 28.7. The van der Waals surface area contributed by atoms with Crippen LogP contribution in [-0.4, -0.2) is 48.5 Å². The zero-order chi connectivity index (χ0) is 27.3. The van der Waals surface area contributed by atoms with Crippen molar-refractivity contribution in [2.45, 2.75) is 88.9 Å². The number of alkyl carbamates (subject to hydrolysis) is 2. The molecule has 10 nitrogen and oxygen atoms in total. The number of benzene rings is 1. The fraction of sp³-hybridized carbons (Fsp3) is 0.500. The summed E-state index contributed by atoms with van der Waals surface area (Å²) in [5.41, 5.74) is 1.63. The summed E-state index contributed by atoms with van der Waals surface area (Å²) in [6.45, 7) is 7.25. The molecule has 0 heterocycles. The minimum atomic E-state index is -0.595. The van der Waals surface area contributed by atoms with Crippen LogP contribution < -0.4 is 10.6 Å². The SMILES string of the molecule is C=CC(=O)OC1CCCCC1OC(=O)NCc1cccc(CNC(=O)OC2CCCCC2OC(=O)C=C)c1. The van der Waals surface area contributed by atoms with E-state index in [0.717, 1.165) is 49.0 Å². The molecule has 2 aliphatic carbocycles. The number of rotatable bonds is 10. The molecule has 3 rings (SSSR count). The second-order valence-electron chi connectivity index (χ2n) is 9.34. The minimum Gasteiger partial charge on any atom is -0.455 e. The van der Waals surface area contributed by atoms with Crippen LogP contribution in [-0.2, 0) is 41.6 Å². The third-order valence-electron chi connectivity index (χ3n) is 6.53. The predicted molar refractivity (Wildman–Crippen MR) is 138 cm³/mol. The molecular weight excluding hydrogens is 492 g/mol. The van der Waals surface area contributed by atoms with Gasteiger partial charge < -0.3 is 29.6 Å². The van der Waals surface area contributed by atoms with Gasteiger partial charge in [-0.05, 0) is 62.5 Å². The summed E-state index contributed by atoms with van der Waals surface area (Å²) in [6, 6.07) is 7.36. The molecule has 0 aromatic heterocycles. The molecule has 2 fully saturated rings. The van der Waals surface area contributed by atoms with Gasteiger partial charge in [-0.25, -0.2) is 19.2 Å². The first-order valence-corrected chi connectivity index (χ1v) is 13.0. The quantitative estimate of drug-likeness (QED) is 0.262. The molecule has 206 valence electrons. The van der Waals surface area contributed by atoms with Crippen molar-refractivity contribution in [1.82, 2.24) is 10.6 Å². The topological polar surface area (TPSA) is 129 Å². The van der Waals surface area contributed by atoms with Crippen LogP contribution in [0, 0.1) is 0 Å². The monoisotopic (exact) mass is 528 g/mol. The summed E-state index contributed by atoms with van der Waals surface area (Å²) in [5, 5.41) is 5.45. The molecule has 0 radical (unpaired) electrons. The van der Waals surface area contributed by atoms with E-state index in [1.165, 1.54) is 0 Å². The molecule has 1 aromatic carbocycles. The number of esters is 2. The van der Waals surface area contributed by atoms with Crippen molar-refractivity contribution in [3.05, 3.63) is 60.7 Å². The fourth-order valence-electron chi connectivity index (χ4n) is 4.62. The highest BCUT2D eigenvalue weighted by Crippen LogP contribution is 2.25. The Kier molecular flexibility index (Phi) is 11.2. The first-order chi connectivity index (χ1) is 18.4. The molecular formula is C28H36N2O8. The fourth-order valence-corrected chi connectivity index (χ4v) is 4.62. The van der Waals surface area contributed by atoms with Crippen molar-refractivity contribution in [3.63, 3.8) is 0 Å². The maximum Gasteiger partial charge on any atom is 0.407 e. The van der Waals surface area contributed by atoms with E-state index in [0.29, 0.717) is 25.7 Å². The van der Waals surface area contributed by atoms with Crippen molar-refractivity contribution >= 4 is 24.1 Å². The Hall–Kier alpha value is -3.82. The van der Waals surface area contributed by atoms with Gasteiger partial charge in [-0.3, -0.25) is 0 Å². The molecule has 2 amide bonds. The van der Waals surface area contributed by atoms with Gasteiger partial charge in [0.15, 0.2) is 0 Å². The molecule has 0 spiro atoms. The van der Waals surface area contributed by atoms with E-state index in [4.69, 9.17) is 18.9 Å². The Morgan fingerprint density at radius 2 is 1.05 bits per heavy atom. The molecule has 2 saturated carbocycles. The summed E-state index contributed by atoms with van der Waals surface area (Å²) in [4.78, 5) is 47.9. The molecule has 4 atom stereocenters. The van der Waals surface area contributed by atoms with Crippen molar-refractivity contribution in [1.29, 1.82) is 0 Å². The molecule has 4 unspecified atom stereocenters. The number of carbonyl (C=O) groups is 4. The zero-order valence-corrected chi connectivity index (χ0v) is 21.5. The maximum atomic E-state index is 12.4. The first-order valence-electron chi connectivity index (χ1n) is 13.0. The van der Waals surface area contributed by atoms with E-state index in [1.54, 1.807) is 0 Å². The van der Waals surface area contributed by atoms with Crippen molar-refractivity contribution in [2.75, 3.05) is 0 Å². The lowest BCUT2D eigenvalue weighted by Gasteiger charge is -2.30. The van der Waals surface area contributed by atoms with Gasteiger partial charge in [0.2, 0.25) is 0 Å². The van der Waals surface area contributed by atoms with Gasteiger partial charge in [0.25, 0.3) is 0 Å². The third-order valence-corrected chi connectivity index (χ3v) is 6.53. The average molecular weight is 529 g/mol. The second kappa shape index (κ2) is 14.8. The molecule has 2 aliphatic rings. The van der Waals surface area contributed by atoms with Gasteiger partial charge in [-0.2, -0.15) is 0 Å². The van der Waals surface area contributed by atoms with Crippen molar-refractivity contribution in [3.8, 4) is 0 Å². The van der Waals surface area contributed by atoms with Crippen LogP contribution >= 0.6 is 0 Å². The van der Waals surface area contributed by atoms with E-state index >= 15 is 0 Å². The molecule has 0 bridgehead atoms. The van der Waals surface area contributed by atoms with Crippen LogP contribution in [0.1, 0.15) is 62.5 Å². The minimum absolute atomic E-state index is 0.222. The standard InChI is InChI=1S/C28H36N2O8/c1-3-25(31)35-21-12-5-7-14-23(21)37-27(33)29-17-19-10-9-11-20(16-19)18-30-28(34)38-24-15-8-6-13-22(24)36-26(32)4-2/h3-4,9-11,16,21-24H,1-2,5-8,12-15,17-18H2,(H,29,33)(H,30,34). The van der Waals surface area contributed by atoms with Gasteiger partial charge in [-0.1, -0.05) is 37.4 Å². The molecule has 10 heteroatoms. The van der Waals surface area contributed by atoms with E-state index in [1.807, 2.05) is 24.3 Å². The molecule has 38 heavy (non-hydrogen) atoms. The Balaban J connectivity index is 1.44. The second-order valence-corrected chi connectivity index (χ2v) is 9.34. The van der Waals surface area contributed by atoms with Gasteiger partial charge in [0.1, 0.15) is 24.4 Å². The Labute approximate surface area is 222 Å². The largest absolute Gasteiger partial charge is 0.455 e. The lowest BCUT2D eigenvalue weighted by Crippen LogP contribution is -2.40. The number of nitrogens with one attached hydrogen (secondary N) is 2. The van der Waals surface area contributed by atoms with E-state index in [-0.39, 0.29) is 13.1 Å². The summed E-state index contributed by atoms with van der Waals surface area (Å²) in [7, 11) is 0. The highest BCUT2D eigenvalue weighted by molar-refractivity contribution is 5.81. The predicted octanol–water partition coefficient (Wildman–Crippen LogP) is 4.22. The molecule has 0 saturated heterocycles. The number of hydrogen-bond donors (Lipinski definition) is 2. The summed E-state index contributed by atoms with van der Waals surface area (Å²) in [6.07, 6.45) is 5.13. The average Bonchev–Trinajstić information content (AvgIpc) is 2.93. The summed E-state index contributed by atoms with van der Waals surface area (Å²) < 4.78 is 21.7. The van der Waals surface area contributed by atoms with Crippen molar-refractivity contribution < 1.29 is 38.1 Å². The number of amides is 2. The summed E-state index contributed by atoms with van der Waals surface area (Å²) >= 11 is 0. The highest BCUT2D eigenvalue weighted by atomic mass is 16.6. The van der Waals surface area contributed by atoms with Crippen LogP contribution in [0.4, 0.5) is 9.59 Å². The third kappa shape index (κ3) is 9.24. The Morgan fingerprint density at radius 3 is 1.42 bits per heavy atom. The van der Waals surface area contributed by atoms with Crippen LogP contribution in [0.5, 0.6) is 0 Å². The Bertz CT molecular complexity index is 935. The maximum absolute atomic E-state index is 12.4. The summed E-state index contributed by atoms with van der Waals surface area (Å²) in [5.74, 6) is -1.06. The smallest absolute Gasteiger partial charge is 0.407 e. The highest BCUT2D eigenvalue weighted by Gasteiger charge is 2.32. The van der Waals surface area contributed by atoms with Crippen LogP contribution in [0.2, 0.25) is 0 Å². The lowest BCUT2D eigenvalue weighted by molar-refractivity contribution is -0.152. The normalized spacial score (nSPS) is 22.7. The molecule has 2 N–H and O–H groups in total. The van der Waals surface area contributed by atoms with Crippen molar-refractivity contribution in [2.24, 2.45) is 0 Å². The van der Waals surface area contributed by atoms with Gasteiger partial charge in [-0.15, -0.1) is 0 Å². The van der Waals surface area contributed by atoms with Crippen LogP contribution in [0.3, 0.4) is 0 Å². The van der Waals surface area contributed by atoms with Crippen LogP contribution in [0.25, 0.3) is 0 Å². The van der Waals surface area contributed by atoms with E-state index in [2.05, 4.69) is 23.8 Å². The van der Waals surface area contributed by atoms with Gasteiger partial charge >= 0.3 is 24.1 Å². The Morgan fingerprint density at radius 1 is 0.684 bits per heavy atom. The van der Waals surface area contributed by atoms with Crippen LogP contribution in [0.15, 0.2) is 49.6 Å². The lowest BCUT2D eigenvalue weighted by atomic mass is 9.94. The van der Waals surface area contributed by atoms with E-state index in [9.17, 15) is 19.2 Å². The molecule has 1 aromatic rings. The molecule has 0 aliphatic heterocycles. The van der Waals surface area contributed by atoms with E-state index < -0.39 is 48.5 Å². The zero-order valence-electron chi connectivity index (χ0n) is 21.5. The number of carbonyl (C=O) groups excluding carboxylic acids is 4.